The van der Waals surface area contributed by atoms with E-state index in [9.17, 15) is 22.4 Å². The van der Waals surface area contributed by atoms with Crippen LogP contribution in [0.4, 0.5) is 17.6 Å². The van der Waals surface area contributed by atoms with E-state index in [0.717, 1.165) is 16.3 Å². The summed E-state index contributed by atoms with van der Waals surface area (Å²) in [5, 5.41) is 2.78. The van der Waals surface area contributed by atoms with Crippen molar-refractivity contribution in [1.29, 1.82) is 0 Å². The zero-order valence-corrected chi connectivity index (χ0v) is 14.3. The first-order valence-electron chi connectivity index (χ1n) is 7.24. The summed E-state index contributed by atoms with van der Waals surface area (Å²) in [7, 11) is 0. The Morgan fingerprint density at radius 2 is 2.00 bits per heavy atom. The summed E-state index contributed by atoms with van der Waals surface area (Å²) in [6, 6.07) is 6.91. The van der Waals surface area contributed by atoms with Crippen molar-refractivity contribution in [3.63, 3.8) is 0 Å². The molecule has 26 heavy (non-hydrogen) atoms. The van der Waals surface area contributed by atoms with Crippen LogP contribution in [0.15, 0.2) is 41.5 Å². The van der Waals surface area contributed by atoms with Gasteiger partial charge in [-0.2, -0.15) is 13.2 Å². The number of thiazole rings is 1. The molecule has 0 saturated carbocycles. The van der Waals surface area contributed by atoms with Crippen LogP contribution in [0.3, 0.4) is 0 Å². The number of alkyl halides is 3. The van der Waals surface area contributed by atoms with Gasteiger partial charge < -0.3 is 9.57 Å². The molecule has 1 heterocycles. The lowest BCUT2D eigenvalue weighted by Gasteiger charge is -2.11. The second kappa shape index (κ2) is 8.77. The summed E-state index contributed by atoms with van der Waals surface area (Å²) >= 11 is 1.50. The minimum Gasteiger partial charge on any atom is -0.489 e. The van der Waals surface area contributed by atoms with E-state index >= 15 is 0 Å². The number of aryl methyl sites for hydroxylation is 1. The minimum absolute atomic E-state index is 0.0420. The van der Waals surface area contributed by atoms with Crippen molar-refractivity contribution < 1.29 is 31.9 Å². The largest absolute Gasteiger partial charge is 0.492 e. The molecule has 2 rings (SSSR count). The Balaban J connectivity index is 1.82. The van der Waals surface area contributed by atoms with Crippen molar-refractivity contribution in [2.75, 3.05) is 13.2 Å². The Morgan fingerprint density at radius 3 is 2.54 bits per heavy atom. The fourth-order valence-electron chi connectivity index (χ4n) is 1.73. The fraction of sp³-hybridized carbons (Fsp3) is 0.250. The molecule has 0 atom stereocenters. The summed E-state index contributed by atoms with van der Waals surface area (Å²) in [6.45, 7) is 1.21. The molecule has 0 aliphatic rings. The molecule has 0 aliphatic carbocycles. The van der Waals surface area contributed by atoms with Gasteiger partial charge in [0.1, 0.15) is 17.4 Å². The normalized spacial score (nSPS) is 12.1. The van der Waals surface area contributed by atoms with E-state index in [4.69, 9.17) is 4.74 Å². The van der Waals surface area contributed by atoms with Crippen LogP contribution in [-0.2, 0) is 9.63 Å². The van der Waals surface area contributed by atoms with Crippen molar-refractivity contribution in [3.05, 3.63) is 47.2 Å². The second-order valence-electron chi connectivity index (χ2n) is 5.08. The highest BCUT2D eigenvalue weighted by Gasteiger charge is 2.41. The molecule has 1 aromatic heterocycles. The van der Waals surface area contributed by atoms with Gasteiger partial charge in [0.2, 0.25) is 0 Å². The van der Waals surface area contributed by atoms with Crippen molar-refractivity contribution in [1.82, 2.24) is 10.5 Å². The van der Waals surface area contributed by atoms with Crippen molar-refractivity contribution in [2.24, 2.45) is 0 Å². The highest BCUT2D eigenvalue weighted by atomic mass is 32.1. The lowest BCUT2D eigenvalue weighted by Crippen LogP contribution is -2.32. The maximum Gasteiger partial charge on any atom is 0.492 e. The Morgan fingerprint density at radius 1 is 1.31 bits per heavy atom. The number of rotatable bonds is 7. The highest BCUT2D eigenvalue weighted by Crippen LogP contribution is 2.25. The van der Waals surface area contributed by atoms with Gasteiger partial charge in [-0.05, 0) is 31.2 Å². The molecule has 0 saturated heterocycles. The van der Waals surface area contributed by atoms with Crippen LogP contribution < -0.4 is 10.2 Å². The number of nitrogens with zero attached hydrogens (tertiary/aromatic N) is 1. The minimum atomic E-state index is -5.12. The lowest BCUT2D eigenvalue weighted by atomic mass is 10.2. The Kier molecular flexibility index (Phi) is 6.70. The topological polar surface area (TPSA) is 60.5 Å². The number of benzene rings is 1. The van der Waals surface area contributed by atoms with Gasteiger partial charge in [-0.1, -0.05) is 0 Å². The highest BCUT2D eigenvalue weighted by molar-refractivity contribution is 7.13. The van der Waals surface area contributed by atoms with Crippen LogP contribution in [0.1, 0.15) is 5.69 Å². The van der Waals surface area contributed by atoms with Crippen LogP contribution in [0, 0.1) is 6.92 Å². The molecule has 10 heteroatoms. The number of hydrogen-bond donors (Lipinski definition) is 1. The van der Waals surface area contributed by atoms with Crippen molar-refractivity contribution in [2.45, 2.75) is 13.1 Å². The quantitative estimate of drug-likeness (QED) is 0.573. The molecule has 0 spiro atoms. The number of halogens is 4. The van der Waals surface area contributed by atoms with Gasteiger partial charge in [0.25, 0.3) is 0 Å². The number of carbonyl (C=O) groups is 1. The van der Waals surface area contributed by atoms with E-state index in [1.165, 1.54) is 11.3 Å². The summed E-state index contributed by atoms with van der Waals surface area (Å²) < 4.78 is 54.0. The lowest BCUT2D eigenvalue weighted by molar-refractivity contribution is -0.206. The molecule has 0 radical (unpaired) electrons. The molecule has 0 unspecified atom stereocenters. The maximum atomic E-state index is 12.8. The summed E-state index contributed by atoms with van der Waals surface area (Å²) in [5.74, 6) is -1.97. The first-order valence-corrected chi connectivity index (χ1v) is 8.12. The van der Waals surface area contributed by atoms with Gasteiger partial charge in [0.15, 0.2) is 0 Å². The molecular weight excluding hydrogens is 376 g/mol. The average Bonchev–Trinajstić information content (AvgIpc) is 3.03. The first-order chi connectivity index (χ1) is 12.3. The van der Waals surface area contributed by atoms with Gasteiger partial charge >= 0.3 is 12.1 Å². The van der Waals surface area contributed by atoms with Gasteiger partial charge in [0.05, 0.1) is 12.9 Å². The van der Waals surface area contributed by atoms with E-state index in [1.807, 2.05) is 12.3 Å². The molecule has 5 nitrogen and oxygen atoms in total. The third kappa shape index (κ3) is 5.81. The zero-order chi connectivity index (χ0) is 19.2. The molecule has 0 amide bonds. The molecular formula is C16H14F4N2O3S. The summed E-state index contributed by atoms with van der Waals surface area (Å²) in [5.41, 5.74) is 3.52. The second-order valence-corrected chi connectivity index (χ2v) is 5.94. The van der Waals surface area contributed by atoms with E-state index < -0.39 is 18.7 Å². The fourth-order valence-corrected chi connectivity index (χ4v) is 2.53. The zero-order valence-electron chi connectivity index (χ0n) is 13.5. The van der Waals surface area contributed by atoms with Crippen LogP contribution in [-0.4, -0.2) is 30.3 Å². The third-order valence-corrected chi connectivity index (χ3v) is 4.00. The third-order valence-electron chi connectivity index (χ3n) is 2.99. The van der Waals surface area contributed by atoms with E-state index in [1.54, 1.807) is 29.7 Å². The number of nitrogens with one attached hydrogen (secondary N) is 1. The Hall–Kier alpha value is -2.46. The van der Waals surface area contributed by atoms with Gasteiger partial charge in [0, 0.05) is 22.2 Å². The molecule has 1 N–H and O–H groups in total. The summed E-state index contributed by atoms with van der Waals surface area (Å²) in [4.78, 5) is 18.6. The predicted molar refractivity (Wildman–Crippen MR) is 87.1 cm³/mol. The Bertz CT molecular complexity index is 773. The average molecular weight is 390 g/mol. The molecule has 1 aromatic carbocycles. The smallest absolute Gasteiger partial charge is 0.489 e. The maximum absolute atomic E-state index is 12.8. The number of ether oxygens (including phenoxy) is 1. The van der Waals surface area contributed by atoms with Crippen LogP contribution in [0.5, 0.6) is 5.75 Å². The Labute approximate surface area is 150 Å². The van der Waals surface area contributed by atoms with Crippen LogP contribution in [0.2, 0.25) is 0 Å². The number of hydroxylamine groups is 1. The molecule has 0 bridgehead atoms. The van der Waals surface area contributed by atoms with Crippen LogP contribution >= 0.6 is 11.3 Å². The van der Waals surface area contributed by atoms with Gasteiger partial charge in [-0.15, -0.1) is 16.8 Å². The number of hydrogen-bond acceptors (Lipinski definition) is 6. The summed E-state index contributed by atoms with van der Waals surface area (Å²) in [6.07, 6.45) is -4.96. The first kappa shape index (κ1) is 19.9. The molecule has 0 aliphatic heterocycles. The van der Waals surface area contributed by atoms with Gasteiger partial charge in [-0.25, -0.2) is 14.2 Å². The number of carbonyl (C=O) groups excluding carboxylic acids is 1. The van der Waals surface area contributed by atoms with Crippen molar-refractivity contribution in [3.8, 4) is 16.3 Å². The SMILES string of the molecule is Cc1csc(-c2ccc(OCC(=CF)CNOC(=O)C(F)(F)F)cc2)n1. The van der Waals surface area contributed by atoms with Crippen LogP contribution in [0.25, 0.3) is 10.6 Å². The van der Waals surface area contributed by atoms with Crippen molar-refractivity contribution >= 4 is 17.3 Å². The predicted octanol–water partition coefficient (Wildman–Crippen LogP) is 3.96. The molecule has 2 aromatic rings. The van der Waals surface area contributed by atoms with E-state index in [-0.39, 0.29) is 18.5 Å². The number of aromatic nitrogens is 1. The van der Waals surface area contributed by atoms with Gasteiger partial charge in [-0.3, -0.25) is 0 Å². The van der Waals surface area contributed by atoms with E-state index in [2.05, 4.69) is 9.82 Å². The molecule has 0 fully saturated rings. The molecule has 140 valence electrons. The van der Waals surface area contributed by atoms with E-state index in [0.29, 0.717) is 5.75 Å². The monoisotopic (exact) mass is 390 g/mol. The standard InChI is InChI=1S/C16H14F4N2O3S/c1-10-9-26-14(22-10)12-2-4-13(5-3-12)24-8-11(6-17)7-21-25-15(23)16(18,19)20/h2-6,9,21H,7-8H2,1H3.